The van der Waals surface area contributed by atoms with E-state index in [-0.39, 0.29) is 5.82 Å². The van der Waals surface area contributed by atoms with Gasteiger partial charge >= 0.3 is 6.18 Å². The van der Waals surface area contributed by atoms with Crippen molar-refractivity contribution in [2.45, 2.75) is 6.18 Å². The Kier molecular flexibility index (Phi) is 2.82. The summed E-state index contributed by atoms with van der Waals surface area (Å²) in [6.07, 6.45) is -1.96. The van der Waals surface area contributed by atoms with E-state index in [4.69, 9.17) is 5.73 Å². The Morgan fingerprint density at radius 3 is 2.60 bits per heavy atom. The molecule has 0 fully saturated rings. The first-order chi connectivity index (χ1) is 9.47. The lowest BCUT2D eigenvalue weighted by atomic mass is 10.1. The summed E-state index contributed by atoms with van der Waals surface area (Å²) in [7, 11) is 0. The number of hydrogen-bond acceptors (Lipinski definition) is 5. The van der Waals surface area contributed by atoms with Gasteiger partial charge in [0.15, 0.2) is 5.01 Å². The molecule has 3 rings (SSSR count). The normalized spacial score (nSPS) is 11.9. The van der Waals surface area contributed by atoms with Crippen LogP contribution in [0.3, 0.4) is 0 Å². The molecule has 3 aromatic rings. The van der Waals surface area contributed by atoms with Gasteiger partial charge in [-0.15, -0.1) is 11.3 Å². The van der Waals surface area contributed by atoms with Gasteiger partial charge in [0.2, 0.25) is 0 Å². The molecular weight excluding hydrogens is 289 g/mol. The summed E-state index contributed by atoms with van der Waals surface area (Å²) in [4.78, 5) is 11.8. The Hall–Kier alpha value is -2.22. The van der Waals surface area contributed by atoms with E-state index < -0.39 is 11.2 Å². The number of benzene rings is 1. The quantitative estimate of drug-likeness (QED) is 0.748. The highest BCUT2D eigenvalue weighted by molar-refractivity contribution is 7.15. The van der Waals surface area contributed by atoms with Gasteiger partial charge in [0, 0.05) is 17.1 Å². The zero-order valence-electron chi connectivity index (χ0n) is 9.85. The number of rotatable bonds is 1. The molecule has 0 atom stereocenters. The van der Waals surface area contributed by atoms with Gasteiger partial charge in [-0.25, -0.2) is 15.0 Å². The predicted octanol–water partition coefficient (Wildman–Crippen LogP) is 3.35. The van der Waals surface area contributed by atoms with Gasteiger partial charge in [0.25, 0.3) is 0 Å². The predicted molar refractivity (Wildman–Crippen MR) is 70.1 cm³/mol. The number of alkyl halides is 3. The number of nitrogen functional groups attached to an aromatic ring is 1. The molecule has 0 bridgehead atoms. The SMILES string of the molecule is Nc1ncnc2c(-c3cnc(C(F)(F)F)s3)cccc12. The van der Waals surface area contributed by atoms with Crippen LogP contribution in [0.25, 0.3) is 21.3 Å². The minimum atomic E-state index is -4.44. The molecule has 0 amide bonds. The van der Waals surface area contributed by atoms with Crippen LogP contribution in [0.1, 0.15) is 5.01 Å². The standard InChI is InChI=1S/C12H7F3N4S/c13-12(14,15)11-17-4-8(20-11)6-2-1-3-7-9(6)18-5-19-10(7)16/h1-5H,(H2,16,18,19). The van der Waals surface area contributed by atoms with E-state index in [0.717, 1.165) is 0 Å². The van der Waals surface area contributed by atoms with Gasteiger partial charge in [-0.3, -0.25) is 0 Å². The summed E-state index contributed by atoms with van der Waals surface area (Å²) in [5.74, 6) is 0.289. The number of aromatic nitrogens is 3. The molecule has 102 valence electrons. The molecule has 0 unspecified atom stereocenters. The molecule has 0 aliphatic heterocycles. The molecular formula is C12H7F3N4S. The second-order valence-corrected chi connectivity index (χ2v) is 5.02. The average molecular weight is 296 g/mol. The average Bonchev–Trinajstić information content (AvgIpc) is 2.88. The second kappa shape index (κ2) is 4.41. The van der Waals surface area contributed by atoms with E-state index in [0.29, 0.717) is 32.7 Å². The van der Waals surface area contributed by atoms with Crippen LogP contribution in [0.2, 0.25) is 0 Å². The summed E-state index contributed by atoms with van der Waals surface area (Å²) < 4.78 is 37.8. The molecule has 2 N–H and O–H groups in total. The minimum Gasteiger partial charge on any atom is -0.383 e. The van der Waals surface area contributed by atoms with Gasteiger partial charge in [-0.05, 0) is 6.07 Å². The third-order valence-electron chi connectivity index (χ3n) is 2.71. The van der Waals surface area contributed by atoms with Gasteiger partial charge in [0.05, 0.1) is 10.4 Å². The smallest absolute Gasteiger partial charge is 0.383 e. The maximum Gasteiger partial charge on any atom is 0.443 e. The Morgan fingerprint density at radius 2 is 1.90 bits per heavy atom. The number of nitrogens with two attached hydrogens (primary N) is 1. The molecule has 20 heavy (non-hydrogen) atoms. The van der Waals surface area contributed by atoms with E-state index in [9.17, 15) is 13.2 Å². The highest BCUT2D eigenvalue weighted by atomic mass is 32.1. The van der Waals surface area contributed by atoms with E-state index in [2.05, 4.69) is 15.0 Å². The van der Waals surface area contributed by atoms with Crippen LogP contribution in [-0.4, -0.2) is 15.0 Å². The third kappa shape index (κ3) is 2.07. The fourth-order valence-corrected chi connectivity index (χ4v) is 2.65. The van der Waals surface area contributed by atoms with Crippen LogP contribution in [0.5, 0.6) is 0 Å². The number of nitrogens with zero attached hydrogens (tertiary/aromatic N) is 3. The van der Waals surface area contributed by atoms with Crippen LogP contribution < -0.4 is 5.73 Å². The number of thiazole rings is 1. The zero-order chi connectivity index (χ0) is 14.3. The second-order valence-electron chi connectivity index (χ2n) is 3.99. The largest absolute Gasteiger partial charge is 0.443 e. The summed E-state index contributed by atoms with van der Waals surface area (Å²) in [6.45, 7) is 0. The van der Waals surface area contributed by atoms with Crippen molar-refractivity contribution >= 4 is 28.1 Å². The Bertz CT molecular complexity index is 782. The number of fused-ring (bicyclic) bond motifs is 1. The van der Waals surface area contributed by atoms with Crippen molar-refractivity contribution in [3.63, 3.8) is 0 Å². The molecule has 0 saturated carbocycles. The first-order valence-electron chi connectivity index (χ1n) is 5.49. The summed E-state index contributed by atoms with van der Waals surface area (Å²) in [5.41, 5.74) is 6.81. The molecule has 0 saturated heterocycles. The van der Waals surface area contributed by atoms with Crippen LogP contribution in [0, 0.1) is 0 Å². The highest BCUT2D eigenvalue weighted by Gasteiger charge is 2.34. The Labute approximate surface area is 115 Å². The minimum absolute atomic E-state index is 0.289. The van der Waals surface area contributed by atoms with Crippen molar-refractivity contribution in [3.8, 4) is 10.4 Å². The Balaban J connectivity index is 2.20. The maximum atomic E-state index is 12.6. The van der Waals surface area contributed by atoms with Crippen LogP contribution in [0.15, 0.2) is 30.7 Å². The number of hydrogen-bond donors (Lipinski definition) is 1. The topological polar surface area (TPSA) is 64.7 Å². The van der Waals surface area contributed by atoms with Gasteiger partial charge < -0.3 is 5.73 Å². The molecule has 4 nitrogen and oxygen atoms in total. The third-order valence-corrected chi connectivity index (χ3v) is 3.78. The van der Waals surface area contributed by atoms with Crippen molar-refractivity contribution in [1.82, 2.24) is 15.0 Å². The lowest BCUT2D eigenvalue weighted by Crippen LogP contribution is -2.02. The Morgan fingerprint density at radius 1 is 1.10 bits per heavy atom. The van der Waals surface area contributed by atoms with Crippen LogP contribution >= 0.6 is 11.3 Å². The molecule has 0 radical (unpaired) electrons. The number of anilines is 1. The summed E-state index contributed by atoms with van der Waals surface area (Å²) >= 11 is 0.576. The summed E-state index contributed by atoms with van der Waals surface area (Å²) in [5, 5.41) is -0.279. The fourth-order valence-electron chi connectivity index (χ4n) is 1.84. The van der Waals surface area contributed by atoms with E-state index >= 15 is 0 Å². The number of para-hydroxylation sites is 1. The van der Waals surface area contributed by atoms with Crippen LogP contribution in [0.4, 0.5) is 19.0 Å². The van der Waals surface area contributed by atoms with Gasteiger partial charge in [-0.2, -0.15) is 13.2 Å². The lowest BCUT2D eigenvalue weighted by molar-refractivity contribution is -0.137. The van der Waals surface area contributed by atoms with Gasteiger partial charge in [0.1, 0.15) is 12.1 Å². The lowest BCUT2D eigenvalue weighted by Gasteiger charge is -2.04. The first-order valence-corrected chi connectivity index (χ1v) is 6.31. The fraction of sp³-hybridized carbons (Fsp3) is 0.0833. The zero-order valence-corrected chi connectivity index (χ0v) is 10.7. The number of halogens is 3. The molecule has 0 aliphatic carbocycles. The highest BCUT2D eigenvalue weighted by Crippen LogP contribution is 2.38. The van der Waals surface area contributed by atoms with Crippen LogP contribution in [-0.2, 0) is 6.18 Å². The summed E-state index contributed by atoms with van der Waals surface area (Å²) in [6, 6.07) is 5.10. The maximum absolute atomic E-state index is 12.6. The molecule has 0 spiro atoms. The van der Waals surface area contributed by atoms with E-state index in [1.807, 2.05) is 0 Å². The molecule has 2 aromatic heterocycles. The first kappa shape index (κ1) is 12.8. The molecule has 8 heteroatoms. The monoisotopic (exact) mass is 296 g/mol. The van der Waals surface area contributed by atoms with Crippen molar-refractivity contribution in [2.24, 2.45) is 0 Å². The van der Waals surface area contributed by atoms with E-state index in [1.54, 1.807) is 18.2 Å². The van der Waals surface area contributed by atoms with Gasteiger partial charge in [-0.1, -0.05) is 12.1 Å². The molecule has 2 heterocycles. The van der Waals surface area contributed by atoms with Crippen molar-refractivity contribution in [1.29, 1.82) is 0 Å². The molecule has 1 aromatic carbocycles. The van der Waals surface area contributed by atoms with Crippen molar-refractivity contribution in [2.75, 3.05) is 5.73 Å². The van der Waals surface area contributed by atoms with E-state index in [1.165, 1.54) is 12.5 Å². The van der Waals surface area contributed by atoms with Crippen molar-refractivity contribution in [3.05, 3.63) is 35.7 Å². The van der Waals surface area contributed by atoms with Crippen molar-refractivity contribution < 1.29 is 13.2 Å². The molecule has 0 aliphatic rings.